The second kappa shape index (κ2) is 15.7. The summed E-state index contributed by atoms with van der Waals surface area (Å²) in [5.74, 6) is 9.18. The Morgan fingerprint density at radius 2 is 1.55 bits per heavy atom. The van der Waals surface area contributed by atoms with E-state index < -0.39 is 0 Å². The fourth-order valence-electron chi connectivity index (χ4n) is 4.75. The molecular weight excluding hydrogens is 470 g/mol. The molecule has 1 atom stereocenters. The summed E-state index contributed by atoms with van der Waals surface area (Å²) in [6.07, 6.45) is 7.97. The number of aryl methyl sites for hydroxylation is 1. The highest BCUT2D eigenvalue weighted by Crippen LogP contribution is 2.28. The van der Waals surface area contributed by atoms with Crippen LogP contribution in [0.25, 0.3) is 0 Å². The van der Waals surface area contributed by atoms with Crippen molar-refractivity contribution in [2.75, 3.05) is 34.9 Å². The van der Waals surface area contributed by atoms with Gasteiger partial charge in [-0.25, -0.2) is 0 Å². The molecule has 4 nitrogen and oxygen atoms in total. The number of hydrogen-bond donors (Lipinski definition) is 0. The van der Waals surface area contributed by atoms with Crippen molar-refractivity contribution in [1.82, 2.24) is 4.90 Å². The van der Waals surface area contributed by atoms with E-state index in [9.17, 15) is 0 Å². The molecule has 3 aromatic carbocycles. The first-order chi connectivity index (χ1) is 18.6. The average Bonchev–Trinajstić information content (AvgIpc) is 2.97. The zero-order valence-electron chi connectivity index (χ0n) is 23.8. The molecule has 0 saturated carbocycles. The summed E-state index contributed by atoms with van der Waals surface area (Å²) in [7, 11) is 7.35. The van der Waals surface area contributed by atoms with Crippen LogP contribution in [-0.2, 0) is 12.8 Å². The van der Waals surface area contributed by atoms with E-state index in [1.54, 1.807) is 21.3 Å². The first-order valence-electron chi connectivity index (χ1n) is 13.7. The van der Waals surface area contributed by atoms with Crippen LogP contribution in [0.4, 0.5) is 0 Å². The molecule has 0 aromatic heterocycles. The highest BCUT2D eigenvalue weighted by atomic mass is 16.5. The van der Waals surface area contributed by atoms with Crippen LogP contribution in [0, 0.1) is 11.8 Å². The molecule has 0 aliphatic rings. The van der Waals surface area contributed by atoms with Gasteiger partial charge in [0.2, 0.25) is 0 Å². The predicted molar refractivity (Wildman–Crippen MR) is 158 cm³/mol. The Hall–Kier alpha value is -3.42. The molecule has 0 saturated heterocycles. The zero-order valence-corrected chi connectivity index (χ0v) is 23.8. The third-order valence-electron chi connectivity index (χ3n) is 7.14. The highest BCUT2D eigenvalue weighted by Gasteiger charge is 2.16. The van der Waals surface area contributed by atoms with E-state index >= 15 is 0 Å². The molecule has 0 heterocycles. The summed E-state index contributed by atoms with van der Waals surface area (Å²) in [6, 6.07) is 23.1. The number of likely N-dealkylation sites (N-methyl/N-ethyl adjacent to an activating group) is 1. The van der Waals surface area contributed by atoms with Crippen LogP contribution >= 0.6 is 0 Å². The minimum absolute atomic E-state index is 0.503. The molecule has 0 aliphatic heterocycles. The Morgan fingerprint density at radius 3 is 2.26 bits per heavy atom. The minimum atomic E-state index is 0.503. The SMILES string of the molecule is CCCCCC(CCc1cc(OC)ccc1C#Cc1ccccc1)N(C)CCc1ccc(OC)c(OC)c1. The maximum atomic E-state index is 5.55. The maximum Gasteiger partial charge on any atom is 0.160 e. The summed E-state index contributed by atoms with van der Waals surface area (Å²) >= 11 is 0. The lowest BCUT2D eigenvalue weighted by atomic mass is 9.96. The van der Waals surface area contributed by atoms with Gasteiger partial charge in [0.15, 0.2) is 11.5 Å². The second-order valence-corrected chi connectivity index (χ2v) is 9.75. The van der Waals surface area contributed by atoms with Gasteiger partial charge in [-0.15, -0.1) is 0 Å². The molecule has 0 spiro atoms. The monoisotopic (exact) mass is 513 g/mol. The van der Waals surface area contributed by atoms with Crippen LogP contribution in [0.2, 0.25) is 0 Å². The van der Waals surface area contributed by atoms with E-state index in [4.69, 9.17) is 14.2 Å². The fourth-order valence-corrected chi connectivity index (χ4v) is 4.75. The van der Waals surface area contributed by atoms with Crippen LogP contribution in [0.1, 0.15) is 61.3 Å². The maximum absolute atomic E-state index is 5.55. The summed E-state index contributed by atoms with van der Waals surface area (Å²) in [5, 5.41) is 0. The fraction of sp³-hybridized carbons (Fsp3) is 0.412. The smallest absolute Gasteiger partial charge is 0.160 e. The molecule has 202 valence electrons. The topological polar surface area (TPSA) is 30.9 Å². The van der Waals surface area contributed by atoms with Gasteiger partial charge >= 0.3 is 0 Å². The molecule has 0 amide bonds. The van der Waals surface area contributed by atoms with Gasteiger partial charge in [-0.05, 0) is 86.3 Å². The van der Waals surface area contributed by atoms with Gasteiger partial charge in [0, 0.05) is 23.7 Å². The van der Waals surface area contributed by atoms with Crippen molar-refractivity contribution in [2.45, 2.75) is 57.9 Å². The average molecular weight is 514 g/mol. The Bertz CT molecular complexity index is 1180. The summed E-state index contributed by atoms with van der Waals surface area (Å²) < 4.78 is 16.5. The molecule has 1 unspecified atom stereocenters. The van der Waals surface area contributed by atoms with Crippen molar-refractivity contribution in [3.63, 3.8) is 0 Å². The third-order valence-corrected chi connectivity index (χ3v) is 7.14. The lowest BCUT2D eigenvalue weighted by Gasteiger charge is -2.29. The van der Waals surface area contributed by atoms with Crippen LogP contribution < -0.4 is 14.2 Å². The van der Waals surface area contributed by atoms with Gasteiger partial charge in [-0.3, -0.25) is 0 Å². The Balaban J connectivity index is 1.72. The summed E-state index contributed by atoms with van der Waals surface area (Å²) in [6.45, 7) is 3.26. The van der Waals surface area contributed by atoms with E-state index in [-0.39, 0.29) is 0 Å². The number of nitrogens with zero attached hydrogens (tertiary/aromatic N) is 1. The van der Waals surface area contributed by atoms with Crippen LogP contribution in [0.5, 0.6) is 17.2 Å². The molecule has 4 heteroatoms. The Kier molecular flexibility index (Phi) is 12.1. The minimum Gasteiger partial charge on any atom is -0.497 e. The van der Waals surface area contributed by atoms with E-state index in [1.807, 2.05) is 42.5 Å². The molecule has 0 aliphatic carbocycles. The zero-order chi connectivity index (χ0) is 27.2. The molecule has 3 aromatic rings. The van der Waals surface area contributed by atoms with E-state index in [1.165, 1.54) is 36.8 Å². The number of methoxy groups -OCH3 is 3. The largest absolute Gasteiger partial charge is 0.497 e. The number of ether oxygens (including phenoxy) is 3. The molecule has 0 radical (unpaired) electrons. The molecule has 3 rings (SSSR count). The third kappa shape index (κ3) is 8.85. The molecule has 38 heavy (non-hydrogen) atoms. The van der Waals surface area contributed by atoms with Crippen molar-refractivity contribution in [3.05, 3.63) is 89.0 Å². The van der Waals surface area contributed by atoms with Gasteiger partial charge in [0.25, 0.3) is 0 Å². The molecule has 0 N–H and O–H groups in total. The molecule has 0 fully saturated rings. The van der Waals surface area contributed by atoms with Crippen molar-refractivity contribution in [2.24, 2.45) is 0 Å². The number of unbranched alkanes of at least 4 members (excludes halogenated alkanes) is 2. The quantitative estimate of drug-likeness (QED) is 0.169. The van der Waals surface area contributed by atoms with Gasteiger partial charge in [-0.1, -0.05) is 62.3 Å². The normalized spacial score (nSPS) is 11.5. The lowest BCUT2D eigenvalue weighted by molar-refractivity contribution is 0.216. The van der Waals surface area contributed by atoms with E-state index in [0.29, 0.717) is 6.04 Å². The summed E-state index contributed by atoms with van der Waals surface area (Å²) in [5.41, 5.74) is 4.62. The van der Waals surface area contributed by atoms with E-state index in [2.05, 4.69) is 55.0 Å². The van der Waals surface area contributed by atoms with Crippen molar-refractivity contribution < 1.29 is 14.2 Å². The van der Waals surface area contributed by atoms with Gasteiger partial charge in [0.1, 0.15) is 5.75 Å². The predicted octanol–water partition coefficient (Wildman–Crippen LogP) is 7.17. The number of benzene rings is 3. The Morgan fingerprint density at radius 1 is 0.763 bits per heavy atom. The van der Waals surface area contributed by atoms with Crippen molar-refractivity contribution >= 4 is 0 Å². The van der Waals surface area contributed by atoms with Crippen LogP contribution in [-0.4, -0.2) is 45.9 Å². The van der Waals surface area contributed by atoms with Gasteiger partial charge < -0.3 is 19.1 Å². The van der Waals surface area contributed by atoms with Gasteiger partial charge in [0.05, 0.1) is 21.3 Å². The first kappa shape index (κ1) is 29.1. The highest BCUT2D eigenvalue weighted by molar-refractivity contribution is 5.49. The van der Waals surface area contributed by atoms with Crippen LogP contribution in [0.3, 0.4) is 0 Å². The van der Waals surface area contributed by atoms with Crippen LogP contribution in [0.15, 0.2) is 66.7 Å². The standard InChI is InChI=1S/C34H43NO3/c1-6-7-9-14-31(35(2)24-23-28-16-22-33(37-4)34(25-28)38-5)20-18-30-26-32(36-3)21-19-29(30)17-15-27-12-10-8-11-13-27/h8,10-13,16,19,21-22,25-26,31H,6-7,9,14,18,20,23-24H2,1-5H3. The van der Waals surface area contributed by atoms with Crippen molar-refractivity contribution in [3.8, 4) is 29.1 Å². The van der Waals surface area contributed by atoms with Crippen molar-refractivity contribution in [1.29, 1.82) is 0 Å². The Labute approximate surface area is 229 Å². The lowest BCUT2D eigenvalue weighted by Crippen LogP contribution is -2.34. The molecule has 0 bridgehead atoms. The number of rotatable bonds is 14. The molecular formula is C34H43NO3. The summed E-state index contributed by atoms with van der Waals surface area (Å²) in [4.78, 5) is 2.53. The van der Waals surface area contributed by atoms with Gasteiger partial charge in [-0.2, -0.15) is 0 Å². The van der Waals surface area contributed by atoms with E-state index in [0.717, 1.165) is 54.2 Å². The second-order valence-electron chi connectivity index (χ2n) is 9.75. The number of hydrogen-bond acceptors (Lipinski definition) is 4. The first-order valence-corrected chi connectivity index (χ1v) is 13.7.